The number of carbonyl (C=O) groups excluding carboxylic acids is 2. The number of hydrogen-bond acceptors (Lipinski definition) is 4. The zero-order valence-electron chi connectivity index (χ0n) is 10.3. The van der Waals surface area contributed by atoms with E-state index in [0.29, 0.717) is 19.4 Å². The van der Waals surface area contributed by atoms with Gasteiger partial charge < -0.3 is 14.8 Å². The zero-order valence-corrected chi connectivity index (χ0v) is 10.3. The second-order valence-electron chi connectivity index (χ2n) is 5.26. The van der Waals surface area contributed by atoms with Gasteiger partial charge in [0.05, 0.1) is 19.8 Å². The number of esters is 1. The van der Waals surface area contributed by atoms with Gasteiger partial charge in [-0.15, -0.1) is 0 Å². The van der Waals surface area contributed by atoms with E-state index in [1.54, 1.807) is 0 Å². The molecule has 3 aliphatic heterocycles. The lowest BCUT2D eigenvalue weighted by molar-refractivity contribution is -0.141. The molecule has 3 heterocycles. The molecule has 2 bridgehead atoms. The number of fused-ring (bicyclic) bond motifs is 1. The van der Waals surface area contributed by atoms with Gasteiger partial charge in [0.15, 0.2) is 0 Å². The molecule has 98 valence electrons. The molecule has 0 saturated carbocycles. The van der Waals surface area contributed by atoms with E-state index in [9.17, 15) is 9.59 Å². The van der Waals surface area contributed by atoms with Crippen LogP contribution in [0.15, 0.2) is 12.2 Å². The minimum absolute atomic E-state index is 0.0485. The highest BCUT2D eigenvalue weighted by atomic mass is 16.5. The van der Waals surface area contributed by atoms with Gasteiger partial charge in [-0.25, -0.2) is 0 Å². The molecule has 1 amide bonds. The molecule has 3 aliphatic rings. The van der Waals surface area contributed by atoms with Gasteiger partial charge in [0.25, 0.3) is 0 Å². The lowest BCUT2D eigenvalue weighted by atomic mass is 9.70. The summed E-state index contributed by atoms with van der Waals surface area (Å²) in [5, 5.41) is 2.86. The van der Waals surface area contributed by atoms with Gasteiger partial charge >= 0.3 is 5.97 Å². The number of piperidine rings is 1. The highest BCUT2D eigenvalue weighted by Gasteiger charge is 2.58. The summed E-state index contributed by atoms with van der Waals surface area (Å²) in [7, 11) is 1.40. The Bertz CT molecular complexity index is 419. The Hall–Kier alpha value is -1.36. The van der Waals surface area contributed by atoms with Crippen LogP contribution >= 0.6 is 0 Å². The third-order valence-electron chi connectivity index (χ3n) is 4.37. The first-order valence-electron chi connectivity index (χ1n) is 6.35. The van der Waals surface area contributed by atoms with Gasteiger partial charge in [-0.3, -0.25) is 9.59 Å². The Morgan fingerprint density at radius 3 is 3.28 bits per heavy atom. The van der Waals surface area contributed by atoms with Crippen molar-refractivity contribution in [3.8, 4) is 0 Å². The van der Waals surface area contributed by atoms with E-state index in [1.807, 2.05) is 0 Å². The normalized spacial score (nSPS) is 40.5. The van der Waals surface area contributed by atoms with Gasteiger partial charge in [0, 0.05) is 18.8 Å². The van der Waals surface area contributed by atoms with Crippen LogP contribution in [0.2, 0.25) is 0 Å². The van der Waals surface area contributed by atoms with E-state index < -0.39 is 0 Å². The van der Waals surface area contributed by atoms with Crippen molar-refractivity contribution in [3.05, 3.63) is 12.2 Å². The van der Waals surface area contributed by atoms with Crippen molar-refractivity contribution in [1.82, 2.24) is 5.32 Å². The third-order valence-corrected chi connectivity index (χ3v) is 4.37. The van der Waals surface area contributed by atoms with Crippen molar-refractivity contribution in [1.29, 1.82) is 0 Å². The number of amides is 1. The van der Waals surface area contributed by atoms with Crippen LogP contribution in [0, 0.1) is 11.8 Å². The van der Waals surface area contributed by atoms with Crippen molar-refractivity contribution >= 4 is 11.9 Å². The zero-order chi connectivity index (χ0) is 12.8. The average molecular weight is 251 g/mol. The first kappa shape index (κ1) is 11.7. The maximum absolute atomic E-state index is 11.5. The summed E-state index contributed by atoms with van der Waals surface area (Å²) >= 11 is 0. The predicted octanol–water partition coefficient (Wildman–Crippen LogP) is 0.399. The molecule has 0 aromatic heterocycles. The standard InChI is InChI=1S/C13H17NO4/c1-17-12(16)3-2-8-9-6-11(15)14-7-13(9)5-4-10(8)18-13/h4-5,8-10H,2-3,6-7H2,1H3,(H,14,15). The van der Waals surface area contributed by atoms with Gasteiger partial charge in [-0.05, 0) is 12.3 Å². The van der Waals surface area contributed by atoms with Crippen molar-refractivity contribution in [3.63, 3.8) is 0 Å². The maximum Gasteiger partial charge on any atom is 0.305 e. The van der Waals surface area contributed by atoms with Crippen LogP contribution in [0.25, 0.3) is 0 Å². The first-order chi connectivity index (χ1) is 8.64. The monoisotopic (exact) mass is 251 g/mol. The number of methoxy groups -OCH3 is 1. The van der Waals surface area contributed by atoms with Gasteiger partial charge in [0.1, 0.15) is 5.60 Å². The van der Waals surface area contributed by atoms with Crippen molar-refractivity contribution in [2.75, 3.05) is 13.7 Å². The highest BCUT2D eigenvalue weighted by molar-refractivity contribution is 5.78. The molecule has 2 saturated heterocycles. The van der Waals surface area contributed by atoms with Crippen molar-refractivity contribution < 1.29 is 19.1 Å². The van der Waals surface area contributed by atoms with Crippen LogP contribution in [0.4, 0.5) is 0 Å². The summed E-state index contributed by atoms with van der Waals surface area (Å²) in [5.74, 6) is 0.334. The minimum atomic E-state index is -0.320. The number of nitrogens with one attached hydrogen (secondary N) is 1. The minimum Gasteiger partial charge on any atom is -0.469 e. The quantitative estimate of drug-likeness (QED) is 0.582. The fourth-order valence-corrected chi connectivity index (χ4v) is 3.44. The second kappa shape index (κ2) is 4.09. The van der Waals surface area contributed by atoms with Crippen LogP contribution in [0.5, 0.6) is 0 Å². The summed E-state index contributed by atoms with van der Waals surface area (Å²) in [4.78, 5) is 22.8. The van der Waals surface area contributed by atoms with E-state index in [1.165, 1.54) is 7.11 Å². The van der Waals surface area contributed by atoms with Gasteiger partial charge in [0.2, 0.25) is 5.91 Å². The summed E-state index contributed by atoms with van der Waals surface area (Å²) in [6, 6.07) is 0. The molecule has 5 nitrogen and oxygen atoms in total. The van der Waals surface area contributed by atoms with Gasteiger partial charge in [-0.1, -0.05) is 12.2 Å². The summed E-state index contributed by atoms with van der Waals surface area (Å²) in [5.41, 5.74) is -0.320. The lowest BCUT2D eigenvalue weighted by Crippen LogP contribution is -2.52. The van der Waals surface area contributed by atoms with Crippen LogP contribution in [0.1, 0.15) is 19.3 Å². The summed E-state index contributed by atoms with van der Waals surface area (Å²) < 4.78 is 10.7. The van der Waals surface area contributed by atoms with Crippen LogP contribution in [-0.4, -0.2) is 37.2 Å². The first-order valence-corrected chi connectivity index (χ1v) is 6.35. The third kappa shape index (κ3) is 1.65. The molecule has 1 N–H and O–H groups in total. The number of carbonyl (C=O) groups is 2. The van der Waals surface area contributed by atoms with Crippen molar-refractivity contribution in [2.24, 2.45) is 11.8 Å². The fourth-order valence-electron chi connectivity index (χ4n) is 3.44. The van der Waals surface area contributed by atoms with E-state index in [-0.39, 0.29) is 35.4 Å². The lowest BCUT2D eigenvalue weighted by Gasteiger charge is -2.37. The smallest absolute Gasteiger partial charge is 0.305 e. The molecule has 1 spiro atoms. The van der Waals surface area contributed by atoms with Crippen LogP contribution in [-0.2, 0) is 19.1 Å². The number of ether oxygens (including phenoxy) is 2. The molecular weight excluding hydrogens is 234 g/mol. The average Bonchev–Trinajstić information content (AvgIpc) is 2.91. The molecule has 4 unspecified atom stereocenters. The van der Waals surface area contributed by atoms with E-state index >= 15 is 0 Å². The SMILES string of the molecule is COC(=O)CCC1C2C=CC3(CNC(=O)CC13)O2. The molecule has 18 heavy (non-hydrogen) atoms. The number of rotatable bonds is 3. The van der Waals surface area contributed by atoms with Crippen molar-refractivity contribution in [2.45, 2.75) is 31.0 Å². The van der Waals surface area contributed by atoms with Crippen LogP contribution in [0.3, 0.4) is 0 Å². The molecular formula is C13H17NO4. The van der Waals surface area contributed by atoms with Crippen LogP contribution < -0.4 is 5.32 Å². The summed E-state index contributed by atoms with van der Waals surface area (Å²) in [6.45, 7) is 0.554. The van der Waals surface area contributed by atoms with E-state index in [2.05, 4.69) is 22.2 Å². The molecule has 4 atom stereocenters. The van der Waals surface area contributed by atoms with E-state index in [0.717, 1.165) is 6.42 Å². The topological polar surface area (TPSA) is 64.6 Å². The Morgan fingerprint density at radius 2 is 2.50 bits per heavy atom. The molecule has 0 radical (unpaired) electrons. The Kier molecular flexibility index (Phi) is 2.66. The maximum atomic E-state index is 11.5. The highest BCUT2D eigenvalue weighted by Crippen LogP contribution is 2.51. The molecule has 3 rings (SSSR count). The van der Waals surface area contributed by atoms with E-state index in [4.69, 9.17) is 4.74 Å². The number of hydrogen-bond donors (Lipinski definition) is 1. The summed E-state index contributed by atoms with van der Waals surface area (Å²) in [6.07, 6.45) is 5.80. The molecule has 0 aliphatic carbocycles. The molecule has 0 aromatic carbocycles. The molecule has 5 heteroatoms. The Morgan fingerprint density at radius 1 is 1.67 bits per heavy atom. The Labute approximate surface area is 106 Å². The predicted molar refractivity (Wildman–Crippen MR) is 62.6 cm³/mol. The second-order valence-corrected chi connectivity index (χ2v) is 5.26. The molecule has 2 fully saturated rings. The fraction of sp³-hybridized carbons (Fsp3) is 0.692. The van der Waals surface area contributed by atoms with Gasteiger partial charge in [-0.2, -0.15) is 0 Å². The largest absolute Gasteiger partial charge is 0.469 e. The Balaban J connectivity index is 1.73. The molecule has 0 aromatic rings.